The lowest BCUT2D eigenvalue weighted by molar-refractivity contribution is -0.152. The van der Waals surface area contributed by atoms with E-state index in [4.69, 9.17) is 9.84 Å². The molecule has 0 radical (unpaired) electrons. The molecule has 2 amide bonds. The zero-order valence-electron chi connectivity index (χ0n) is 18.1. The Labute approximate surface area is 194 Å². The van der Waals surface area contributed by atoms with E-state index in [-0.39, 0.29) is 23.8 Å². The van der Waals surface area contributed by atoms with E-state index >= 15 is 0 Å². The molecule has 34 heavy (non-hydrogen) atoms. The van der Waals surface area contributed by atoms with Crippen molar-refractivity contribution in [1.82, 2.24) is 5.48 Å². The van der Waals surface area contributed by atoms with Gasteiger partial charge in [-0.25, -0.2) is 19.5 Å². The number of carboxylic acid groups (broad SMARTS) is 1. The number of carboxylic acids is 1. The van der Waals surface area contributed by atoms with Crippen molar-refractivity contribution in [2.45, 2.75) is 18.9 Å². The SMILES string of the molecule is CC(ONC(=O)c1ccc(NC(=O)OCC2c3ccccc3-c3ccccc32)cc1F)C(=O)O. The Morgan fingerprint density at radius 1 is 1.00 bits per heavy atom. The van der Waals surface area contributed by atoms with Crippen molar-refractivity contribution in [3.05, 3.63) is 89.2 Å². The molecule has 1 atom stereocenters. The first-order valence-corrected chi connectivity index (χ1v) is 10.5. The van der Waals surface area contributed by atoms with Crippen molar-refractivity contribution in [3.63, 3.8) is 0 Å². The third-order valence-corrected chi connectivity index (χ3v) is 5.48. The molecule has 4 rings (SSSR count). The van der Waals surface area contributed by atoms with Crippen LogP contribution in [-0.4, -0.2) is 35.8 Å². The van der Waals surface area contributed by atoms with E-state index < -0.39 is 29.9 Å². The smallest absolute Gasteiger partial charge is 0.411 e. The second kappa shape index (κ2) is 9.72. The van der Waals surface area contributed by atoms with Crippen LogP contribution in [0.15, 0.2) is 66.7 Å². The zero-order valence-corrected chi connectivity index (χ0v) is 18.1. The largest absolute Gasteiger partial charge is 0.479 e. The number of hydrogen-bond acceptors (Lipinski definition) is 5. The first kappa shape index (κ1) is 22.9. The van der Waals surface area contributed by atoms with Gasteiger partial charge in [-0.3, -0.25) is 14.9 Å². The molecule has 8 nitrogen and oxygen atoms in total. The minimum absolute atomic E-state index is 0.0890. The van der Waals surface area contributed by atoms with E-state index in [2.05, 4.69) is 10.2 Å². The van der Waals surface area contributed by atoms with Gasteiger partial charge in [0.15, 0.2) is 6.10 Å². The van der Waals surface area contributed by atoms with Gasteiger partial charge in [0, 0.05) is 11.6 Å². The molecule has 3 N–H and O–H groups in total. The second-order valence-corrected chi connectivity index (χ2v) is 7.67. The van der Waals surface area contributed by atoms with E-state index in [1.807, 2.05) is 54.0 Å². The molecule has 0 aromatic heterocycles. The van der Waals surface area contributed by atoms with Crippen molar-refractivity contribution >= 4 is 23.7 Å². The van der Waals surface area contributed by atoms with Gasteiger partial charge in [0.25, 0.3) is 5.91 Å². The van der Waals surface area contributed by atoms with E-state index in [1.54, 1.807) is 0 Å². The lowest BCUT2D eigenvalue weighted by Gasteiger charge is -2.15. The van der Waals surface area contributed by atoms with Gasteiger partial charge in [-0.2, -0.15) is 0 Å². The molecule has 3 aromatic rings. The molecule has 0 aliphatic heterocycles. The molecule has 0 heterocycles. The number of ether oxygens (including phenoxy) is 1. The Bertz CT molecular complexity index is 1220. The summed E-state index contributed by atoms with van der Waals surface area (Å²) in [7, 11) is 0. The van der Waals surface area contributed by atoms with Crippen molar-refractivity contribution < 1.29 is 33.5 Å². The number of hydrogen-bond donors (Lipinski definition) is 3. The number of carbonyl (C=O) groups excluding carboxylic acids is 2. The molecule has 0 bridgehead atoms. The lowest BCUT2D eigenvalue weighted by atomic mass is 9.98. The summed E-state index contributed by atoms with van der Waals surface area (Å²) in [5.74, 6) is -3.30. The monoisotopic (exact) mass is 464 g/mol. The number of hydroxylamine groups is 1. The van der Waals surface area contributed by atoms with E-state index in [1.165, 1.54) is 13.0 Å². The van der Waals surface area contributed by atoms with E-state index in [0.29, 0.717) is 0 Å². The summed E-state index contributed by atoms with van der Waals surface area (Å²) in [6.45, 7) is 1.31. The summed E-state index contributed by atoms with van der Waals surface area (Å²) in [4.78, 5) is 39.7. The molecule has 174 valence electrons. The highest BCUT2D eigenvalue weighted by Crippen LogP contribution is 2.44. The molecule has 0 spiro atoms. The molecular formula is C25H21FN2O6. The van der Waals surface area contributed by atoms with Gasteiger partial charge < -0.3 is 9.84 Å². The maximum atomic E-state index is 14.4. The fraction of sp³-hybridized carbons (Fsp3) is 0.160. The average Bonchev–Trinajstić information content (AvgIpc) is 3.14. The van der Waals surface area contributed by atoms with Crippen LogP contribution in [0.25, 0.3) is 11.1 Å². The van der Waals surface area contributed by atoms with Crippen LogP contribution in [0, 0.1) is 5.82 Å². The van der Waals surface area contributed by atoms with Gasteiger partial charge in [-0.05, 0) is 47.4 Å². The van der Waals surface area contributed by atoms with Crippen LogP contribution in [0.4, 0.5) is 14.9 Å². The summed E-state index contributed by atoms with van der Waals surface area (Å²) in [6, 6.07) is 19.3. The van der Waals surface area contributed by atoms with Gasteiger partial charge in [0.2, 0.25) is 0 Å². The molecule has 0 saturated heterocycles. The number of fused-ring (bicyclic) bond motifs is 3. The topological polar surface area (TPSA) is 114 Å². The number of amides is 2. The Hall–Kier alpha value is -4.24. The standard InChI is InChI=1S/C25H21FN2O6/c1-14(24(30)31)34-28-23(29)20-11-10-15(12-22(20)26)27-25(32)33-13-21-18-8-4-2-6-16(18)17-7-3-5-9-19(17)21/h2-12,14,21H,13H2,1H3,(H,27,32)(H,28,29)(H,30,31). The minimum Gasteiger partial charge on any atom is -0.479 e. The van der Waals surface area contributed by atoms with Crippen molar-refractivity contribution in [2.75, 3.05) is 11.9 Å². The van der Waals surface area contributed by atoms with Crippen molar-refractivity contribution in [3.8, 4) is 11.1 Å². The first-order chi connectivity index (χ1) is 16.3. The third-order valence-electron chi connectivity index (χ3n) is 5.48. The first-order valence-electron chi connectivity index (χ1n) is 10.5. The van der Waals surface area contributed by atoms with Crippen LogP contribution in [0.5, 0.6) is 0 Å². The average molecular weight is 464 g/mol. The molecule has 1 unspecified atom stereocenters. The predicted molar refractivity (Wildman–Crippen MR) is 121 cm³/mol. The van der Waals surface area contributed by atoms with Crippen molar-refractivity contribution in [2.24, 2.45) is 0 Å². The number of halogens is 1. The van der Waals surface area contributed by atoms with Crippen LogP contribution in [0.1, 0.15) is 34.3 Å². The predicted octanol–water partition coefficient (Wildman–Crippen LogP) is 4.32. The molecule has 3 aromatic carbocycles. The quantitative estimate of drug-likeness (QED) is 0.449. The molecule has 0 saturated carbocycles. The molecule has 9 heteroatoms. The molecular weight excluding hydrogens is 443 g/mol. The van der Waals surface area contributed by atoms with Crippen molar-refractivity contribution in [1.29, 1.82) is 0 Å². The van der Waals surface area contributed by atoms with E-state index in [9.17, 15) is 18.8 Å². The number of rotatable bonds is 7. The maximum absolute atomic E-state index is 14.4. The summed E-state index contributed by atoms with van der Waals surface area (Å²) in [5, 5.41) is 11.2. The highest BCUT2D eigenvalue weighted by atomic mass is 19.1. The summed E-state index contributed by atoms with van der Waals surface area (Å²) >= 11 is 0. The van der Waals surface area contributed by atoms with Gasteiger partial charge in [0.1, 0.15) is 12.4 Å². The molecule has 1 aliphatic carbocycles. The summed E-state index contributed by atoms with van der Waals surface area (Å²) in [6.07, 6.45) is -2.07. The normalized spacial score (nSPS) is 12.9. The van der Waals surface area contributed by atoms with E-state index in [0.717, 1.165) is 34.4 Å². The fourth-order valence-electron chi connectivity index (χ4n) is 3.78. The van der Waals surface area contributed by atoms with Gasteiger partial charge in [-0.15, -0.1) is 0 Å². The Balaban J connectivity index is 1.37. The zero-order chi connectivity index (χ0) is 24.2. The highest BCUT2D eigenvalue weighted by Gasteiger charge is 2.29. The molecule has 0 fully saturated rings. The Morgan fingerprint density at radius 2 is 1.62 bits per heavy atom. The number of nitrogens with one attached hydrogen (secondary N) is 2. The number of aliphatic carboxylic acids is 1. The number of benzene rings is 3. The molecule has 1 aliphatic rings. The Kier molecular flexibility index (Phi) is 6.55. The number of anilines is 1. The minimum atomic E-state index is -1.30. The highest BCUT2D eigenvalue weighted by molar-refractivity contribution is 5.95. The van der Waals surface area contributed by atoms with Gasteiger partial charge in [0.05, 0.1) is 5.56 Å². The van der Waals surface area contributed by atoms with Crippen LogP contribution in [0.3, 0.4) is 0 Å². The van der Waals surface area contributed by atoms with Crippen LogP contribution in [-0.2, 0) is 14.4 Å². The van der Waals surface area contributed by atoms with Crippen LogP contribution < -0.4 is 10.8 Å². The lowest BCUT2D eigenvalue weighted by Crippen LogP contribution is -2.32. The summed E-state index contributed by atoms with van der Waals surface area (Å²) < 4.78 is 19.8. The van der Waals surface area contributed by atoms with Gasteiger partial charge >= 0.3 is 12.1 Å². The fourth-order valence-corrected chi connectivity index (χ4v) is 3.78. The summed E-state index contributed by atoms with van der Waals surface area (Å²) in [5.41, 5.74) is 5.92. The van der Waals surface area contributed by atoms with Gasteiger partial charge in [-0.1, -0.05) is 48.5 Å². The maximum Gasteiger partial charge on any atom is 0.411 e. The number of carbonyl (C=O) groups is 3. The third kappa shape index (κ3) is 4.74. The second-order valence-electron chi connectivity index (χ2n) is 7.67. The Morgan fingerprint density at radius 3 is 2.21 bits per heavy atom. The van der Waals surface area contributed by atoms with Crippen LogP contribution in [0.2, 0.25) is 0 Å². The van der Waals surface area contributed by atoms with Crippen LogP contribution >= 0.6 is 0 Å².